The number of likely N-dealkylation sites (tertiary alicyclic amines) is 1. The van der Waals surface area contributed by atoms with E-state index in [0.717, 1.165) is 6.42 Å². The first kappa shape index (κ1) is 21.4. The minimum absolute atomic E-state index is 0.0333. The lowest BCUT2D eigenvalue weighted by atomic mass is 9.96. The molecule has 2 aliphatic heterocycles. The highest BCUT2D eigenvalue weighted by Crippen LogP contribution is 2.23. The van der Waals surface area contributed by atoms with E-state index in [2.05, 4.69) is 0 Å². The molecule has 2 fully saturated rings. The van der Waals surface area contributed by atoms with E-state index in [4.69, 9.17) is 10.5 Å². The molecule has 2 heterocycles. The highest BCUT2D eigenvalue weighted by atomic mass is 32.2. The number of sulfonamides is 1. The smallest absolute Gasteiger partial charge is 0.314 e. The van der Waals surface area contributed by atoms with Crippen molar-refractivity contribution in [1.82, 2.24) is 14.1 Å². The average Bonchev–Trinajstić information content (AvgIpc) is 2.74. The van der Waals surface area contributed by atoms with Crippen molar-refractivity contribution < 1.29 is 22.7 Å². The molecule has 1 aromatic rings. The first-order valence-corrected chi connectivity index (χ1v) is 11.3. The Bertz CT molecular complexity index is 835. The lowest BCUT2D eigenvalue weighted by Gasteiger charge is -2.38. The van der Waals surface area contributed by atoms with Crippen LogP contribution in [0, 0.1) is 5.92 Å². The number of carbonyl (C=O) groups is 2. The van der Waals surface area contributed by atoms with Crippen molar-refractivity contribution in [2.75, 3.05) is 45.9 Å². The summed E-state index contributed by atoms with van der Waals surface area (Å²) in [4.78, 5) is 27.6. The minimum Gasteiger partial charge on any atom is -0.494 e. The van der Waals surface area contributed by atoms with Gasteiger partial charge in [-0.3, -0.25) is 4.79 Å². The van der Waals surface area contributed by atoms with E-state index in [-0.39, 0.29) is 29.8 Å². The van der Waals surface area contributed by atoms with Gasteiger partial charge in [0.05, 0.1) is 17.4 Å². The van der Waals surface area contributed by atoms with Crippen LogP contribution in [0.15, 0.2) is 29.2 Å². The fourth-order valence-corrected chi connectivity index (χ4v) is 5.23. The van der Waals surface area contributed by atoms with Gasteiger partial charge in [0.2, 0.25) is 15.9 Å². The van der Waals surface area contributed by atoms with Gasteiger partial charge in [0.25, 0.3) is 0 Å². The van der Waals surface area contributed by atoms with E-state index < -0.39 is 16.1 Å². The molecule has 0 saturated carbocycles. The molecule has 3 rings (SSSR count). The summed E-state index contributed by atoms with van der Waals surface area (Å²) in [5.41, 5.74) is 5.34. The number of benzene rings is 1. The normalized spacial score (nSPS) is 21.1. The SMILES string of the molecule is CCOc1ccc(S(=O)(=O)N2CCN(C(=O)[C@@H]3CCCN(C(N)=O)C3)CC2)cc1. The van der Waals surface area contributed by atoms with Gasteiger partial charge in [-0.15, -0.1) is 0 Å². The molecule has 0 radical (unpaired) electrons. The summed E-state index contributed by atoms with van der Waals surface area (Å²) in [5, 5.41) is 0. The minimum atomic E-state index is -3.62. The summed E-state index contributed by atoms with van der Waals surface area (Å²) in [6.07, 6.45) is 1.46. The van der Waals surface area contributed by atoms with Crippen molar-refractivity contribution in [3.8, 4) is 5.75 Å². The molecule has 1 aromatic carbocycles. The average molecular weight is 425 g/mol. The van der Waals surface area contributed by atoms with Crippen LogP contribution in [0.25, 0.3) is 0 Å². The topological polar surface area (TPSA) is 113 Å². The number of rotatable bonds is 5. The van der Waals surface area contributed by atoms with E-state index in [1.807, 2.05) is 6.92 Å². The van der Waals surface area contributed by atoms with Crippen LogP contribution < -0.4 is 10.5 Å². The molecule has 9 nitrogen and oxygen atoms in total. The van der Waals surface area contributed by atoms with Gasteiger partial charge in [0.15, 0.2) is 0 Å². The molecule has 2 aliphatic rings. The maximum absolute atomic E-state index is 12.9. The quantitative estimate of drug-likeness (QED) is 0.748. The number of hydrogen-bond acceptors (Lipinski definition) is 5. The maximum Gasteiger partial charge on any atom is 0.314 e. The molecule has 10 heteroatoms. The van der Waals surface area contributed by atoms with Crippen LogP contribution in [-0.2, 0) is 14.8 Å². The number of urea groups is 1. The summed E-state index contributed by atoms with van der Waals surface area (Å²) < 4.78 is 32.5. The van der Waals surface area contributed by atoms with Crippen molar-refractivity contribution in [2.45, 2.75) is 24.7 Å². The molecule has 0 aliphatic carbocycles. The predicted octanol–water partition coefficient (Wildman–Crippen LogP) is 0.709. The van der Waals surface area contributed by atoms with Crippen LogP contribution in [0.5, 0.6) is 5.75 Å². The van der Waals surface area contributed by atoms with Gasteiger partial charge >= 0.3 is 6.03 Å². The van der Waals surface area contributed by atoms with Crippen LogP contribution in [-0.4, -0.2) is 80.3 Å². The highest BCUT2D eigenvalue weighted by molar-refractivity contribution is 7.89. The first-order valence-electron chi connectivity index (χ1n) is 9.89. The van der Waals surface area contributed by atoms with E-state index in [1.54, 1.807) is 17.0 Å². The molecule has 0 bridgehead atoms. The van der Waals surface area contributed by atoms with Gasteiger partial charge in [-0.1, -0.05) is 0 Å². The van der Waals surface area contributed by atoms with Gasteiger partial charge in [-0.25, -0.2) is 13.2 Å². The Morgan fingerprint density at radius 1 is 1.07 bits per heavy atom. The molecule has 1 atom stereocenters. The summed E-state index contributed by atoms with van der Waals surface area (Å²) in [7, 11) is -3.62. The molecule has 0 aromatic heterocycles. The Morgan fingerprint density at radius 3 is 2.31 bits per heavy atom. The van der Waals surface area contributed by atoms with E-state index in [0.29, 0.717) is 45.0 Å². The Morgan fingerprint density at radius 2 is 1.72 bits per heavy atom. The van der Waals surface area contributed by atoms with Crippen molar-refractivity contribution in [1.29, 1.82) is 0 Å². The summed E-state index contributed by atoms with van der Waals surface area (Å²) in [5.74, 6) is 0.318. The maximum atomic E-state index is 12.9. The zero-order valence-corrected chi connectivity index (χ0v) is 17.4. The Hall–Kier alpha value is -2.33. The Balaban J connectivity index is 1.59. The molecule has 160 valence electrons. The van der Waals surface area contributed by atoms with E-state index in [9.17, 15) is 18.0 Å². The van der Waals surface area contributed by atoms with Crippen LogP contribution in [0.4, 0.5) is 4.79 Å². The Kier molecular flexibility index (Phi) is 6.63. The van der Waals surface area contributed by atoms with Crippen molar-refractivity contribution in [3.05, 3.63) is 24.3 Å². The molecule has 0 unspecified atom stereocenters. The third-order valence-corrected chi connectivity index (χ3v) is 7.32. The first-order chi connectivity index (χ1) is 13.8. The number of hydrogen-bond donors (Lipinski definition) is 1. The van der Waals surface area contributed by atoms with Crippen LogP contribution >= 0.6 is 0 Å². The molecule has 29 heavy (non-hydrogen) atoms. The Labute approximate surface area is 171 Å². The lowest BCUT2D eigenvalue weighted by molar-refractivity contribution is -0.138. The summed E-state index contributed by atoms with van der Waals surface area (Å²) in [6.45, 7) is 4.45. The number of nitrogens with two attached hydrogens (primary N) is 1. The lowest BCUT2D eigenvalue weighted by Crippen LogP contribution is -2.54. The summed E-state index contributed by atoms with van der Waals surface area (Å²) in [6, 6.07) is 5.86. The highest BCUT2D eigenvalue weighted by Gasteiger charge is 2.34. The van der Waals surface area contributed by atoms with Crippen molar-refractivity contribution >= 4 is 22.0 Å². The fraction of sp³-hybridized carbons (Fsp3) is 0.579. The van der Waals surface area contributed by atoms with Crippen LogP contribution in [0.1, 0.15) is 19.8 Å². The van der Waals surface area contributed by atoms with Gasteiger partial charge in [-0.05, 0) is 44.0 Å². The largest absolute Gasteiger partial charge is 0.494 e. The number of carbonyl (C=O) groups excluding carboxylic acids is 2. The molecule has 2 N–H and O–H groups in total. The second-order valence-corrected chi connectivity index (χ2v) is 9.20. The number of piperidine rings is 1. The fourth-order valence-electron chi connectivity index (χ4n) is 3.81. The number of piperazine rings is 1. The van der Waals surface area contributed by atoms with Gasteiger partial charge in [0, 0.05) is 39.3 Å². The van der Waals surface area contributed by atoms with Crippen LogP contribution in [0.2, 0.25) is 0 Å². The number of primary amides is 1. The van der Waals surface area contributed by atoms with E-state index >= 15 is 0 Å². The van der Waals surface area contributed by atoms with E-state index in [1.165, 1.54) is 21.3 Å². The van der Waals surface area contributed by atoms with Gasteiger partial charge in [0.1, 0.15) is 5.75 Å². The number of amides is 3. The van der Waals surface area contributed by atoms with Crippen molar-refractivity contribution in [3.63, 3.8) is 0 Å². The summed E-state index contributed by atoms with van der Waals surface area (Å²) >= 11 is 0. The second kappa shape index (κ2) is 9.00. The predicted molar refractivity (Wildman–Crippen MR) is 107 cm³/mol. The number of ether oxygens (including phenoxy) is 1. The van der Waals surface area contributed by atoms with Gasteiger partial charge < -0.3 is 20.3 Å². The molecule has 3 amide bonds. The zero-order valence-electron chi connectivity index (χ0n) is 16.6. The third-order valence-electron chi connectivity index (χ3n) is 5.41. The third kappa shape index (κ3) is 4.81. The van der Waals surface area contributed by atoms with Crippen LogP contribution in [0.3, 0.4) is 0 Å². The standard InChI is InChI=1S/C19H28N4O5S/c1-2-28-16-5-7-17(8-6-16)29(26,27)23-12-10-21(11-13-23)18(24)15-4-3-9-22(14-15)19(20)25/h5-8,15H,2-4,9-14H2,1H3,(H2,20,25)/t15-/m1/s1. The molecular formula is C19H28N4O5S. The molecule has 0 spiro atoms. The molecular weight excluding hydrogens is 396 g/mol. The van der Waals surface area contributed by atoms with Crippen molar-refractivity contribution in [2.24, 2.45) is 11.7 Å². The second-order valence-electron chi connectivity index (χ2n) is 7.26. The zero-order chi connectivity index (χ0) is 21.0. The molecule has 2 saturated heterocycles. The monoisotopic (exact) mass is 424 g/mol. The number of nitrogens with zero attached hydrogens (tertiary/aromatic N) is 3. The van der Waals surface area contributed by atoms with Gasteiger partial charge in [-0.2, -0.15) is 4.31 Å².